The first-order chi connectivity index (χ1) is 15.3. The second-order valence-electron chi connectivity index (χ2n) is 8.08. The number of nitrogens with one attached hydrogen (secondary N) is 2. The average Bonchev–Trinajstić information content (AvgIpc) is 3.07. The van der Waals surface area contributed by atoms with Crippen molar-refractivity contribution in [3.05, 3.63) is 63.3 Å². The Balaban J connectivity index is 1.68. The molecule has 32 heavy (non-hydrogen) atoms. The number of aromatic nitrogens is 4. The van der Waals surface area contributed by atoms with Gasteiger partial charge in [0.25, 0.3) is 5.56 Å². The summed E-state index contributed by atoms with van der Waals surface area (Å²) in [6.45, 7) is 4.99. The van der Waals surface area contributed by atoms with Crippen molar-refractivity contribution in [2.75, 3.05) is 10.6 Å². The second-order valence-corrected chi connectivity index (χ2v) is 8.08. The van der Waals surface area contributed by atoms with Gasteiger partial charge in [-0.2, -0.15) is 5.10 Å². The molecule has 0 radical (unpaired) electrons. The van der Waals surface area contributed by atoms with Gasteiger partial charge < -0.3 is 10.6 Å². The molecule has 2 N–H and O–H groups in total. The van der Waals surface area contributed by atoms with Crippen LogP contribution in [0.2, 0.25) is 0 Å². The zero-order valence-corrected chi connectivity index (χ0v) is 18.4. The Hall–Kier alpha value is -3.75. The van der Waals surface area contributed by atoms with Crippen molar-refractivity contribution in [3.8, 4) is 5.95 Å². The van der Waals surface area contributed by atoms with E-state index in [0.29, 0.717) is 29.3 Å². The van der Waals surface area contributed by atoms with E-state index in [-0.39, 0.29) is 23.9 Å². The highest BCUT2D eigenvalue weighted by atomic mass is 16.2. The van der Waals surface area contributed by atoms with E-state index in [0.717, 1.165) is 36.3 Å². The lowest BCUT2D eigenvalue weighted by molar-refractivity contribution is -0.117. The zero-order chi connectivity index (χ0) is 22.8. The molecule has 2 heterocycles. The van der Waals surface area contributed by atoms with Gasteiger partial charge in [0.05, 0.1) is 11.4 Å². The summed E-state index contributed by atoms with van der Waals surface area (Å²) in [7, 11) is 0. The van der Waals surface area contributed by atoms with E-state index in [9.17, 15) is 14.4 Å². The molecule has 166 valence electrons. The van der Waals surface area contributed by atoms with Crippen molar-refractivity contribution in [2.24, 2.45) is 0 Å². The van der Waals surface area contributed by atoms with Gasteiger partial charge in [-0.25, -0.2) is 9.67 Å². The van der Waals surface area contributed by atoms with Crippen molar-refractivity contribution in [2.45, 2.75) is 53.0 Å². The SMILES string of the molecule is CC(=O)Nc1cccc(NC(=O)Cn2c(-n3nc(C)cc3C)nc3c(c2=O)CCCC3)c1. The molecule has 0 unspecified atom stereocenters. The third-order valence-corrected chi connectivity index (χ3v) is 5.39. The Labute approximate surface area is 185 Å². The smallest absolute Gasteiger partial charge is 0.258 e. The van der Waals surface area contributed by atoms with Gasteiger partial charge in [-0.3, -0.25) is 19.0 Å². The van der Waals surface area contributed by atoms with Crippen LogP contribution in [0.25, 0.3) is 5.95 Å². The van der Waals surface area contributed by atoms with Crippen molar-refractivity contribution < 1.29 is 9.59 Å². The lowest BCUT2D eigenvalue weighted by Crippen LogP contribution is -2.35. The number of anilines is 2. The third-order valence-electron chi connectivity index (χ3n) is 5.39. The quantitative estimate of drug-likeness (QED) is 0.641. The molecule has 2 aromatic heterocycles. The fourth-order valence-electron chi connectivity index (χ4n) is 4.04. The number of carbonyl (C=O) groups is 2. The highest BCUT2D eigenvalue weighted by molar-refractivity contribution is 5.93. The van der Waals surface area contributed by atoms with Gasteiger partial charge in [0.15, 0.2) is 0 Å². The molecule has 4 rings (SSSR count). The molecule has 0 saturated carbocycles. The van der Waals surface area contributed by atoms with Crippen molar-refractivity contribution in [1.29, 1.82) is 0 Å². The lowest BCUT2D eigenvalue weighted by Gasteiger charge is -2.20. The van der Waals surface area contributed by atoms with Crippen LogP contribution >= 0.6 is 0 Å². The number of nitrogens with zero attached hydrogens (tertiary/aromatic N) is 4. The number of carbonyl (C=O) groups excluding carboxylic acids is 2. The van der Waals surface area contributed by atoms with Gasteiger partial charge in [0.1, 0.15) is 6.54 Å². The van der Waals surface area contributed by atoms with Crippen molar-refractivity contribution >= 4 is 23.2 Å². The minimum Gasteiger partial charge on any atom is -0.326 e. The minimum atomic E-state index is -0.368. The summed E-state index contributed by atoms with van der Waals surface area (Å²) in [5, 5.41) is 9.97. The van der Waals surface area contributed by atoms with Gasteiger partial charge in [-0.15, -0.1) is 0 Å². The van der Waals surface area contributed by atoms with Crippen LogP contribution < -0.4 is 16.2 Å². The van der Waals surface area contributed by atoms with Crippen LogP contribution in [0.4, 0.5) is 11.4 Å². The van der Waals surface area contributed by atoms with Crippen LogP contribution in [0.15, 0.2) is 35.1 Å². The van der Waals surface area contributed by atoms with Crippen LogP contribution in [0.5, 0.6) is 0 Å². The first kappa shape index (κ1) is 21.5. The van der Waals surface area contributed by atoms with E-state index >= 15 is 0 Å². The maximum Gasteiger partial charge on any atom is 0.258 e. The van der Waals surface area contributed by atoms with E-state index in [1.165, 1.54) is 11.5 Å². The number of hydrogen-bond donors (Lipinski definition) is 2. The summed E-state index contributed by atoms with van der Waals surface area (Å²) in [4.78, 5) is 42.3. The Kier molecular flexibility index (Phi) is 5.89. The predicted octanol–water partition coefficient (Wildman–Crippen LogP) is 2.52. The van der Waals surface area contributed by atoms with Crippen LogP contribution in [-0.2, 0) is 29.0 Å². The standard InChI is InChI=1S/C23H26N6O3/c1-14-11-15(2)29(27-14)23-26-20-10-5-4-9-19(20)22(32)28(23)13-21(31)25-18-8-6-7-17(12-18)24-16(3)30/h6-8,11-12H,4-5,9-10,13H2,1-3H3,(H,24,30)(H,25,31). The van der Waals surface area contributed by atoms with E-state index in [2.05, 4.69) is 15.7 Å². The molecule has 9 heteroatoms. The largest absolute Gasteiger partial charge is 0.326 e. The number of rotatable bonds is 5. The molecule has 9 nitrogen and oxygen atoms in total. The second kappa shape index (κ2) is 8.78. The lowest BCUT2D eigenvalue weighted by atomic mass is 9.97. The highest BCUT2D eigenvalue weighted by Crippen LogP contribution is 2.19. The van der Waals surface area contributed by atoms with Crippen molar-refractivity contribution in [3.63, 3.8) is 0 Å². The molecule has 3 aromatic rings. The number of aryl methyl sites for hydroxylation is 3. The van der Waals surface area contributed by atoms with Gasteiger partial charge in [-0.05, 0) is 63.8 Å². The molecule has 0 atom stereocenters. The summed E-state index contributed by atoms with van der Waals surface area (Å²) in [5.74, 6) is -0.217. The summed E-state index contributed by atoms with van der Waals surface area (Å²) >= 11 is 0. The topological polar surface area (TPSA) is 111 Å². The first-order valence-electron chi connectivity index (χ1n) is 10.7. The summed E-state index contributed by atoms with van der Waals surface area (Å²) in [6, 6.07) is 8.75. The first-order valence-corrected chi connectivity index (χ1v) is 10.7. The number of amides is 2. The number of benzene rings is 1. The highest BCUT2D eigenvalue weighted by Gasteiger charge is 2.23. The molecule has 1 aromatic carbocycles. The fourth-order valence-corrected chi connectivity index (χ4v) is 4.04. The molecule has 0 bridgehead atoms. The summed E-state index contributed by atoms with van der Waals surface area (Å²) in [6.07, 6.45) is 3.34. The van der Waals surface area contributed by atoms with E-state index in [4.69, 9.17) is 4.98 Å². The Morgan fingerprint density at radius 3 is 2.47 bits per heavy atom. The van der Waals surface area contributed by atoms with Crippen molar-refractivity contribution in [1.82, 2.24) is 19.3 Å². The van der Waals surface area contributed by atoms with Crippen LogP contribution in [0, 0.1) is 13.8 Å². The van der Waals surface area contributed by atoms with Gasteiger partial charge in [0.2, 0.25) is 17.8 Å². The Morgan fingerprint density at radius 1 is 1.06 bits per heavy atom. The molecule has 0 saturated heterocycles. The minimum absolute atomic E-state index is 0.195. The van der Waals surface area contributed by atoms with Gasteiger partial charge >= 0.3 is 0 Å². The number of hydrogen-bond acceptors (Lipinski definition) is 5. The molecule has 2 amide bonds. The van der Waals surface area contributed by atoms with Gasteiger partial charge in [0, 0.05) is 29.6 Å². The summed E-state index contributed by atoms with van der Waals surface area (Å²) in [5.41, 5.74) is 4.02. The van der Waals surface area contributed by atoms with E-state index in [1.54, 1.807) is 28.9 Å². The molecular formula is C23H26N6O3. The van der Waals surface area contributed by atoms with Gasteiger partial charge in [-0.1, -0.05) is 6.07 Å². The molecule has 1 aliphatic carbocycles. The Bertz CT molecular complexity index is 1260. The van der Waals surface area contributed by atoms with Crippen LogP contribution in [0.3, 0.4) is 0 Å². The maximum atomic E-state index is 13.3. The average molecular weight is 435 g/mol. The predicted molar refractivity (Wildman–Crippen MR) is 121 cm³/mol. The molecular weight excluding hydrogens is 408 g/mol. The monoisotopic (exact) mass is 434 g/mol. The van der Waals surface area contributed by atoms with Crippen LogP contribution in [-0.4, -0.2) is 31.1 Å². The number of fused-ring (bicyclic) bond motifs is 1. The molecule has 1 aliphatic rings. The van der Waals surface area contributed by atoms with E-state index in [1.807, 2.05) is 19.9 Å². The molecule has 0 aliphatic heterocycles. The summed E-state index contributed by atoms with van der Waals surface area (Å²) < 4.78 is 3.02. The van der Waals surface area contributed by atoms with Crippen LogP contribution in [0.1, 0.15) is 42.4 Å². The zero-order valence-electron chi connectivity index (χ0n) is 18.4. The van der Waals surface area contributed by atoms with E-state index < -0.39 is 0 Å². The third kappa shape index (κ3) is 4.46. The maximum absolute atomic E-state index is 13.3. The fraction of sp³-hybridized carbons (Fsp3) is 0.348. The molecule has 0 fully saturated rings. The molecule has 0 spiro atoms. The normalized spacial score (nSPS) is 12.8. The Morgan fingerprint density at radius 2 is 1.78 bits per heavy atom.